The van der Waals surface area contributed by atoms with Crippen LogP contribution in [0.15, 0.2) is 36.5 Å². The predicted molar refractivity (Wildman–Crippen MR) is 122 cm³/mol. The van der Waals surface area contributed by atoms with Gasteiger partial charge in [-0.15, -0.1) is 0 Å². The maximum atomic E-state index is 13.4. The van der Waals surface area contributed by atoms with Gasteiger partial charge in [-0.25, -0.2) is 9.50 Å². The average Bonchev–Trinajstić information content (AvgIpc) is 3.42. The zero-order chi connectivity index (χ0) is 24.4. The van der Waals surface area contributed by atoms with Gasteiger partial charge in [-0.2, -0.15) is 5.26 Å². The molecule has 3 N–H and O–H groups in total. The quantitative estimate of drug-likeness (QED) is 0.379. The van der Waals surface area contributed by atoms with E-state index >= 15 is 0 Å². The minimum Gasteiger partial charge on any atom is -0.504 e. The molecular formula is C23H21N5O6. The molecule has 0 aliphatic carbocycles. The Kier molecular flexibility index (Phi) is 5.88. The van der Waals surface area contributed by atoms with Crippen LogP contribution in [0.3, 0.4) is 0 Å². The summed E-state index contributed by atoms with van der Waals surface area (Å²) in [5.41, 5.74) is 1.66. The van der Waals surface area contributed by atoms with Gasteiger partial charge in [0.15, 0.2) is 34.3 Å². The van der Waals surface area contributed by atoms with E-state index in [1.165, 1.54) is 45.2 Å². The highest BCUT2D eigenvalue weighted by Gasteiger charge is 2.26. The minimum atomic E-state index is -0.518. The molecule has 0 radical (unpaired) electrons. The molecule has 34 heavy (non-hydrogen) atoms. The summed E-state index contributed by atoms with van der Waals surface area (Å²) >= 11 is 0. The summed E-state index contributed by atoms with van der Waals surface area (Å²) in [5, 5.41) is 25.6. The highest BCUT2D eigenvalue weighted by Crippen LogP contribution is 2.41. The van der Waals surface area contributed by atoms with Gasteiger partial charge in [-0.1, -0.05) is 0 Å². The first kappa shape index (κ1) is 22.3. The number of imidazole rings is 1. The lowest BCUT2D eigenvalue weighted by atomic mass is 10.1. The summed E-state index contributed by atoms with van der Waals surface area (Å²) in [6.07, 6.45) is 1.45. The van der Waals surface area contributed by atoms with Crippen molar-refractivity contribution in [1.82, 2.24) is 14.6 Å². The number of ether oxygens (including phenoxy) is 4. The lowest BCUT2D eigenvalue weighted by Gasteiger charge is -2.13. The summed E-state index contributed by atoms with van der Waals surface area (Å²) in [6.45, 7) is 0. The number of aromatic nitrogens is 3. The van der Waals surface area contributed by atoms with Gasteiger partial charge >= 0.3 is 0 Å². The molecule has 0 spiro atoms. The smallest absolute Gasteiger partial charge is 0.276 e. The van der Waals surface area contributed by atoms with Crippen LogP contribution < -0.4 is 24.3 Å². The SMILES string of the molecule is COc1ccc(NC(=O)c2c(-c3cc(O)c(OC)c(OC)c3)nc3c(C#N)c[nH]n23)cc1OC. The number of anilines is 1. The average molecular weight is 463 g/mol. The molecule has 0 saturated carbocycles. The largest absolute Gasteiger partial charge is 0.504 e. The van der Waals surface area contributed by atoms with Gasteiger partial charge in [0.1, 0.15) is 17.3 Å². The zero-order valence-electron chi connectivity index (χ0n) is 18.8. The number of phenols is 1. The van der Waals surface area contributed by atoms with E-state index in [1.54, 1.807) is 24.3 Å². The van der Waals surface area contributed by atoms with Crippen LogP contribution in [0.4, 0.5) is 5.69 Å². The number of methoxy groups -OCH3 is 4. The van der Waals surface area contributed by atoms with Gasteiger partial charge < -0.3 is 29.4 Å². The number of hydrogen-bond donors (Lipinski definition) is 3. The number of nitrogens with one attached hydrogen (secondary N) is 2. The Morgan fingerprint density at radius 1 is 1.06 bits per heavy atom. The summed E-state index contributed by atoms with van der Waals surface area (Å²) < 4.78 is 22.4. The lowest BCUT2D eigenvalue weighted by molar-refractivity contribution is 0.102. The molecule has 0 aliphatic heterocycles. The van der Waals surface area contributed by atoms with Crippen molar-refractivity contribution < 1.29 is 28.8 Å². The van der Waals surface area contributed by atoms with Crippen LogP contribution in [0.25, 0.3) is 16.9 Å². The standard InChI is InChI=1S/C23H21N5O6/c1-31-16-6-5-14(9-17(16)32-2)26-23(30)20-19(27-22-13(10-24)11-25-28(20)22)12-7-15(29)21(34-4)18(8-12)33-3/h5-9,11,25,29H,1-4H3,(H,26,30). The van der Waals surface area contributed by atoms with Crippen molar-refractivity contribution >= 4 is 17.2 Å². The topological polar surface area (TPSA) is 143 Å². The lowest BCUT2D eigenvalue weighted by Crippen LogP contribution is -2.16. The van der Waals surface area contributed by atoms with Gasteiger partial charge in [0, 0.05) is 23.5 Å². The predicted octanol–water partition coefficient (Wildman–Crippen LogP) is 3.19. The van der Waals surface area contributed by atoms with Crippen molar-refractivity contribution in [3.8, 4) is 46.1 Å². The molecule has 11 nitrogen and oxygen atoms in total. The number of carbonyl (C=O) groups excluding carboxylic acids is 1. The van der Waals surface area contributed by atoms with Crippen molar-refractivity contribution in [3.05, 3.63) is 47.8 Å². The third-order valence-corrected chi connectivity index (χ3v) is 5.17. The van der Waals surface area contributed by atoms with Crippen LogP contribution >= 0.6 is 0 Å². The second-order valence-electron chi connectivity index (χ2n) is 7.02. The van der Waals surface area contributed by atoms with Crippen molar-refractivity contribution in [3.63, 3.8) is 0 Å². The summed E-state index contributed by atoms with van der Waals surface area (Å²) in [5.74, 6) is 0.633. The Morgan fingerprint density at radius 3 is 2.44 bits per heavy atom. The number of nitrogens with zero attached hydrogens (tertiary/aromatic N) is 3. The second kappa shape index (κ2) is 8.95. The molecule has 4 rings (SSSR count). The molecule has 0 fully saturated rings. The van der Waals surface area contributed by atoms with Crippen molar-refractivity contribution in [2.45, 2.75) is 0 Å². The highest BCUT2D eigenvalue weighted by atomic mass is 16.5. The Hall–Kier alpha value is -4.85. The molecule has 2 aromatic carbocycles. The number of H-pyrrole nitrogens is 1. The maximum absolute atomic E-state index is 13.4. The number of phenolic OH excluding ortho intramolecular Hbond substituents is 1. The molecule has 0 atom stereocenters. The Morgan fingerprint density at radius 2 is 1.79 bits per heavy atom. The van der Waals surface area contributed by atoms with E-state index in [2.05, 4.69) is 15.4 Å². The number of fused-ring (bicyclic) bond motifs is 1. The number of benzene rings is 2. The Labute approximate surface area is 194 Å². The third-order valence-electron chi connectivity index (χ3n) is 5.17. The Bertz CT molecular complexity index is 1430. The number of aromatic amines is 1. The van der Waals surface area contributed by atoms with Crippen molar-refractivity contribution in [1.29, 1.82) is 5.26 Å². The van der Waals surface area contributed by atoms with E-state index in [1.807, 2.05) is 6.07 Å². The molecule has 0 saturated heterocycles. The highest BCUT2D eigenvalue weighted by molar-refractivity contribution is 6.08. The molecule has 1 amide bonds. The normalized spacial score (nSPS) is 10.6. The first-order valence-corrected chi connectivity index (χ1v) is 9.94. The molecule has 11 heteroatoms. The van der Waals surface area contributed by atoms with E-state index in [4.69, 9.17) is 18.9 Å². The number of hydrogen-bond acceptors (Lipinski definition) is 8. The van der Waals surface area contributed by atoms with Gasteiger partial charge in [0.05, 0.1) is 28.4 Å². The molecule has 0 unspecified atom stereocenters. The molecule has 0 bridgehead atoms. The first-order valence-electron chi connectivity index (χ1n) is 9.94. The van der Waals surface area contributed by atoms with Crippen molar-refractivity contribution in [2.24, 2.45) is 0 Å². The number of amides is 1. The van der Waals surface area contributed by atoms with E-state index in [0.29, 0.717) is 22.7 Å². The summed E-state index contributed by atoms with van der Waals surface area (Å²) in [4.78, 5) is 17.9. The fraction of sp³-hybridized carbons (Fsp3) is 0.174. The fourth-order valence-electron chi connectivity index (χ4n) is 3.60. The third kappa shape index (κ3) is 3.67. The van der Waals surface area contributed by atoms with E-state index < -0.39 is 5.91 Å². The van der Waals surface area contributed by atoms with Crippen LogP contribution in [-0.2, 0) is 0 Å². The van der Waals surface area contributed by atoms with Crippen LogP contribution in [0.1, 0.15) is 16.1 Å². The molecule has 174 valence electrons. The van der Waals surface area contributed by atoms with Crippen LogP contribution in [-0.4, -0.2) is 54.1 Å². The van der Waals surface area contributed by atoms with E-state index in [9.17, 15) is 15.2 Å². The molecule has 4 aromatic rings. The Balaban J connectivity index is 1.85. The zero-order valence-corrected chi connectivity index (χ0v) is 18.8. The first-order chi connectivity index (χ1) is 16.4. The number of rotatable bonds is 7. The van der Waals surface area contributed by atoms with Gasteiger partial charge in [0.25, 0.3) is 5.91 Å². The molecule has 0 aliphatic rings. The molecule has 2 heterocycles. The van der Waals surface area contributed by atoms with Gasteiger partial charge in [-0.05, 0) is 24.3 Å². The number of nitriles is 1. The van der Waals surface area contributed by atoms with Gasteiger partial charge in [0.2, 0.25) is 5.75 Å². The minimum absolute atomic E-state index is 0.109. The van der Waals surface area contributed by atoms with Gasteiger partial charge in [-0.3, -0.25) is 9.89 Å². The van der Waals surface area contributed by atoms with Crippen LogP contribution in [0.2, 0.25) is 0 Å². The van der Waals surface area contributed by atoms with E-state index in [0.717, 1.165) is 0 Å². The maximum Gasteiger partial charge on any atom is 0.276 e. The molecular weight excluding hydrogens is 442 g/mol. The summed E-state index contributed by atoms with van der Waals surface area (Å²) in [6, 6.07) is 9.97. The number of aromatic hydroxyl groups is 1. The fourth-order valence-corrected chi connectivity index (χ4v) is 3.60. The number of carbonyl (C=O) groups is 1. The van der Waals surface area contributed by atoms with Crippen LogP contribution in [0, 0.1) is 11.3 Å². The van der Waals surface area contributed by atoms with Crippen molar-refractivity contribution in [2.75, 3.05) is 33.8 Å². The molecule has 2 aromatic heterocycles. The second-order valence-corrected chi connectivity index (χ2v) is 7.02. The van der Waals surface area contributed by atoms with Crippen LogP contribution in [0.5, 0.6) is 28.7 Å². The van der Waals surface area contributed by atoms with E-state index in [-0.39, 0.29) is 39.8 Å². The monoisotopic (exact) mass is 463 g/mol. The summed E-state index contributed by atoms with van der Waals surface area (Å²) in [7, 11) is 5.84.